The zero-order chi connectivity index (χ0) is 18.9. The van der Waals surface area contributed by atoms with E-state index >= 15 is 0 Å². The van der Waals surface area contributed by atoms with Gasteiger partial charge in [0.15, 0.2) is 0 Å². The number of carbonyl (C=O) groups is 1. The number of halogens is 1. The Hall–Kier alpha value is -1.16. The van der Waals surface area contributed by atoms with Crippen molar-refractivity contribution in [3.63, 3.8) is 0 Å². The molecule has 1 N–H and O–H groups in total. The third-order valence-corrected chi connectivity index (χ3v) is 7.28. The summed E-state index contributed by atoms with van der Waals surface area (Å²) in [6.07, 6.45) is 2.11. The quantitative estimate of drug-likeness (QED) is 0.716. The molecule has 1 saturated carbocycles. The smallest absolute Gasteiger partial charge is 0.246 e. The van der Waals surface area contributed by atoms with E-state index in [9.17, 15) is 13.2 Å². The summed E-state index contributed by atoms with van der Waals surface area (Å²) in [5.74, 6) is 0.352. The van der Waals surface area contributed by atoms with Crippen molar-refractivity contribution in [3.05, 3.63) is 22.7 Å². The molecule has 1 aliphatic heterocycles. The van der Waals surface area contributed by atoms with Crippen molar-refractivity contribution in [1.82, 2.24) is 14.5 Å². The number of nitrogens with one attached hydrogen (secondary N) is 1. The zero-order valence-corrected chi connectivity index (χ0v) is 17.3. The fraction of sp³-hybridized carbons (Fsp3) is 0.588. The average molecular weight is 446 g/mol. The maximum Gasteiger partial charge on any atom is 0.246 e. The van der Waals surface area contributed by atoms with Crippen molar-refractivity contribution in [3.8, 4) is 5.75 Å². The van der Waals surface area contributed by atoms with E-state index in [1.807, 2.05) is 11.8 Å². The fourth-order valence-corrected chi connectivity index (χ4v) is 5.15. The van der Waals surface area contributed by atoms with Crippen LogP contribution in [0.5, 0.6) is 5.75 Å². The number of carbonyl (C=O) groups excluding carboxylic acids is 1. The molecule has 1 unspecified atom stereocenters. The van der Waals surface area contributed by atoms with Crippen LogP contribution in [0.2, 0.25) is 0 Å². The van der Waals surface area contributed by atoms with Crippen molar-refractivity contribution in [2.75, 3.05) is 33.3 Å². The Morgan fingerprint density at radius 2 is 1.92 bits per heavy atom. The molecule has 2 aliphatic rings. The van der Waals surface area contributed by atoms with Gasteiger partial charge in [0.05, 0.1) is 13.2 Å². The van der Waals surface area contributed by atoms with E-state index < -0.39 is 10.0 Å². The monoisotopic (exact) mass is 445 g/mol. The molecule has 1 heterocycles. The lowest BCUT2D eigenvalue weighted by molar-refractivity contribution is -0.126. The van der Waals surface area contributed by atoms with Crippen LogP contribution in [0.25, 0.3) is 0 Å². The highest BCUT2D eigenvalue weighted by atomic mass is 79.9. The lowest BCUT2D eigenvalue weighted by atomic mass is 10.2. The van der Waals surface area contributed by atoms with Gasteiger partial charge in [0.25, 0.3) is 0 Å². The van der Waals surface area contributed by atoms with Gasteiger partial charge in [-0.05, 0) is 38.0 Å². The first-order valence-corrected chi connectivity index (χ1v) is 10.9. The number of sulfonamides is 1. The lowest BCUT2D eigenvalue weighted by Crippen LogP contribution is -2.55. The summed E-state index contributed by atoms with van der Waals surface area (Å²) < 4.78 is 33.4. The Kier molecular flexibility index (Phi) is 5.91. The highest BCUT2D eigenvalue weighted by Crippen LogP contribution is 2.30. The number of piperazine rings is 1. The summed E-state index contributed by atoms with van der Waals surface area (Å²) in [6, 6.07) is 5.02. The Morgan fingerprint density at radius 3 is 2.50 bits per heavy atom. The van der Waals surface area contributed by atoms with Gasteiger partial charge in [0, 0.05) is 36.7 Å². The van der Waals surface area contributed by atoms with Crippen LogP contribution in [0.3, 0.4) is 0 Å². The van der Waals surface area contributed by atoms with Gasteiger partial charge in [-0.1, -0.05) is 15.9 Å². The number of methoxy groups -OCH3 is 1. The summed E-state index contributed by atoms with van der Waals surface area (Å²) in [7, 11) is -2.20. The second kappa shape index (κ2) is 7.84. The van der Waals surface area contributed by atoms with Crippen LogP contribution in [-0.2, 0) is 14.8 Å². The van der Waals surface area contributed by atoms with Gasteiger partial charge in [0.1, 0.15) is 10.6 Å². The largest absolute Gasteiger partial charge is 0.495 e. The van der Waals surface area contributed by atoms with Gasteiger partial charge < -0.3 is 10.1 Å². The van der Waals surface area contributed by atoms with Crippen LogP contribution in [0.1, 0.15) is 19.8 Å². The molecule has 0 spiro atoms. The second-order valence-electron chi connectivity index (χ2n) is 6.69. The number of amides is 1. The number of benzene rings is 1. The highest BCUT2D eigenvalue weighted by molar-refractivity contribution is 9.10. The molecular formula is C17H24BrN3O4S. The standard InChI is InChI=1S/C17H24BrN3O4S/c1-12(17(22)19-14-4-5-14)20-7-9-21(10-8-20)26(23,24)16-11-13(18)3-6-15(16)25-2/h3,6,11-12,14H,4-5,7-10H2,1-2H3,(H,19,22). The molecule has 0 bridgehead atoms. The normalized spacial score (nSPS) is 20.6. The molecule has 1 aliphatic carbocycles. The third kappa shape index (κ3) is 4.21. The van der Waals surface area contributed by atoms with Gasteiger partial charge >= 0.3 is 0 Å². The van der Waals surface area contributed by atoms with E-state index in [-0.39, 0.29) is 16.8 Å². The number of nitrogens with zero attached hydrogens (tertiary/aromatic N) is 2. The van der Waals surface area contributed by atoms with E-state index in [1.54, 1.807) is 18.2 Å². The van der Waals surface area contributed by atoms with Crippen LogP contribution in [0.4, 0.5) is 0 Å². The van der Waals surface area contributed by atoms with Crippen LogP contribution in [-0.4, -0.2) is 68.9 Å². The predicted molar refractivity (Wildman–Crippen MR) is 102 cm³/mol. The summed E-state index contributed by atoms with van der Waals surface area (Å²) >= 11 is 3.32. The van der Waals surface area contributed by atoms with Crippen molar-refractivity contribution < 1.29 is 17.9 Å². The van der Waals surface area contributed by atoms with Crippen LogP contribution in [0.15, 0.2) is 27.6 Å². The minimum Gasteiger partial charge on any atom is -0.495 e. The summed E-state index contributed by atoms with van der Waals surface area (Å²) in [5, 5.41) is 3.01. The zero-order valence-electron chi connectivity index (χ0n) is 14.9. The Morgan fingerprint density at radius 1 is 1.27 bits per heavy atom. The maximum atomic E-state index is 13.0. The van der Waals surface area contributed by atoms with Crippen LogP contribution >= 0.6 is 15.9 Å². The number of ether oxygens (including phenoxy) is 1. The lowest BCUT2D eigenvalue weighted by Gasteiger charge is -2.36. The first-order chi connectivity index (χ1) is 12.3. The fourth-order valence-electron chi connectivity index (χ4n) is 3.04. The first-order valence-electron chi connectivity index (χ1n) is 8.71. The van der Waals surface area contributed by atoms with Crippen molar-refractivity contribution >= 4 is 31.9 Å². The molecule has 3 rings (SSSR count). The number of hydrogen-bond donors (Lipinski definition) is 1. The minimum atomic E-state index is -3.65. The van der Waals surface area contributed by atoms with Crippen molar-refractivity contribution in [1.29, 1.82) is 0 Å². The van der Waals surface area contributed by atoms with E-state index in [4.69, 9.17) is 4.74 Å². The van der Waals surface area contributed by atoms with Gasteiger partial charge in [-0.15, -0.1) is 0 Å². The Balaban J connectivity index is 1.67. The molecule has 144 valence electrons. The maximum absolute atomic E-state index is 13.0. The number of hydrogen-bond acceptors (Lipinski definition) is 5. The average Bonchev–Trinajstić information content (AvgIpc) is 3.45. The van der Waals surface area contributed by atoms with E-state index in [2.05, 4.69) is 21.2 Å². The van der Waals surface area contributed by atoms with Crippen molar-refractivity contribution in [2.45, 2.75) is 36.7 Å². The molecule has 1 saturated heterocycles. The van der Waals surface area contributed by atoms with Crippen LogP contribution in [0, 0.1) is 0 Å². The molecule has 1 aromatic rings. The molecule has 1 atom stereocenters. The molecule has 1 aromatic carbocycles. The molecule has 2 fully saturated rings. The third-order valence-electron chi connectivity index (χ3n) is 4.87. The second-order valence-corrected chi connectivity index (χ2v) is 9.52. The van der Waals surface area contributed by atoms with Crippen LogP contribution < -0.4 is 10.1 Å². The van der Waals surface area contributed by atoms with E-state index in [1.165, 1.54) is 11.4 Å². The molecular weight excluding hydrogens is 422 g/mol. The first kappa shape index (κ1) is 19.6. The van der Waals surface area contributed by atoms with Crippen molar-refractivity contribution in [2.24, 2.45) is 0 Å². The van der Waals surface area contributed by atoms with E-state index in [0.29, 0.717) is 42.4 Å². The van der Waals surface area contributed by atoms with Gasteiger partial charge in [-0.25, -0.2) is 8.42 Å². The molecule has 1 amide bonds. The van der Waals surface area contributed by atoms with Gasteiger partial charge in [-0.2, -0.15) is 4.31 Å². The van der Waals surface area contributed by atoms with Gasteiger partial charge in [-0.3, -0.25) is 9.69 Å². The SMILES string of the molecule is COc1ccc(Br)cc1S(=O)(=O)N1CCN(C(C)C(=O)NC2CC2)CC1. The predicted octanol–water partition coefficient (Wildman–Crippen LogP) is 1.43. The molecule has 9 heteroatoms. The molecule has 7 nitrogen and oxygen atoms in total. The topological polar surface area (TPSA) is 79.0 Å². The van der Waals surface area contributed by atoms with Gasteiger partial charge in [0.2, 0.25) is 15.9 Å². The highest BCUT2D eigenvalue weighted by Gasteiger charge is 2.34. The number of rotatable bonds is 6. The molecule has 0 aromatic heterocycles. The minimum absolute atomic E-state index is 0.0254. The molecule has 26 heavy (non-hydrogen) atoms. The molecule has 0 radical (unpaired) electrons. The summed E-state index contributed by atoms with van der Waals surface area (Å²) in [6.45, 7) is 3.61. The Bertz CT molecular complexity index is 774. The summed E-state index contributed by atoms with van der Waals surface area (Å²) in [5.41, 5.74) is 0. The summed E-state index contributed by atoms with van der Waals surface area (Å²) in [4.78, 5) is 14.4. The van der Waals surface area contributed by atoms with E-state index in [0.717, 1.165) is 12.8 Å². The Labute approximate surface area is 162 Å².